The van der Waals surface area contributed by atoms with E-state index in [0.717, 1.165) is 26.8 Å². The van der Waals surface area contributed by atoms with Gasteiger partial charge in [-0.15, -0.1) is 10.2 Å². The molecular weight excluding hydrogens is 448 g/mol. The van der Waals surface area contributed by atoms with Crippen molar-refractivity contribution in [2.75, 3.05) is 7.11 Å². The number of aromatic amines is 2. The third kappa shape index (κ3) is 3.95. The molecule has 5 rings (SSSR count). The van der Waals surface area contributed by atoms with Crippen LogP contribution in [-0.2, 0) is 17.7 Å². The molecule has 0 fully saturated rings. The molecule has 0 saturated carbocycles. The summed E-state index contributed by atoms with van der Waals surface area (Å²) in [4.78, 5) is 33.0. The molecule has 2 N–H and O–H groups in total. The molecule has 0 aliphatic carbocycles. The molecule has 0 bridgehead atoms. The van der Waals surface area contributed by atoms with E-state index >= 15 is 0 Å². The van der Waals surface area contributed by atoms with Crippen LogP contribution in [0.4, 0.5) is 0 Å². The molecule has 3 aromatic heterocycles. The van der Waals surface area contributed by atoms with Crippen LogP contribution in [0, 0.1) is 0 Å². The average molecular weight is 473 g/mol. The number of benzene rings is 2. The van der Waals surface area contributed by atoms with Gasteiger partial charge < -0.3 is 9.30 Å². The van der Waals surface area contributed by atoms with Crippen molar-refractivity contribution >= 4 is 11.2 Å². The van der Waals surface area contributed by atoms with E-state index in [1.165, 1.54) is 7.11 Å². The first-order valence-electron chi connectivity index (χ1n) is 11.2. The number of aryl methyl sites for hydroxylation is 1. The van der Waals surface area contributed by atoms with E-state index in [0.29, 0.717) is 30.1 Å². The number of fused-ring (bicyclic) bond motifs is 1. The fraction of sp³-hybridized carbons (Fsp3) is 0.250. The number of hydrogen-bond donors (Lipinski definition) is 2. The first-order valence-corrected chi connectivity index (χ1v) is 11.2. The van der Waals surface area contributed by atoms with Gasteiger partial charge in [-0.2, -0.15) is 5.21 Å². The van der Waals surface area contributed by atoms with E-state index in [1.54, 1.807) is 6.92 Å². The van der Waals surface area contributed by atoms with E-state index in [4.69, 9.17) is 4.74 Å². The number of methoxy groups -OCH3 is 1. The smallest absolute Gasteiger partial charge is 0.332 e. The van der Waals surface area contributed by atoms with Crippen LogP contribution in [0.25, 0.3) is 33.7 Å². The number of nitrogens with one attached hydrogen (secondary N) is 2. The monoisotopic (exact) mass is 472 g/mol. The van der Waals surface area contributed by atoms with Gasteiger partial charge in [0.1, 0.15) is 12.1 Å². The zero-order valence-corrected chi connectivity index (χ0v) is 19.5. The van der Waals surface area contributed by atoms with Crippen LogP contribution in [0.15, 0.2) is 58.1 Å². The summed E-state index contributed by atoms with van der Waals surface area (Å²) in [6.07, 6.45) is -0.103. The number of tetrazole rings is 1. The number of imidazole rings is 1. The first-order chi connectivity index (χ1) is 17.0. The molecule has 0 spiro atoms. The lowest BCUT2D eigenvalue weighted by atomic mass is 9.98. The second-order valence-corrected chi connectivity index (χ2v) is 8.08. The number of H-pyrrole nitrogens is 2. The van der Waals surface area contributed by atoms with Crippen LogP contribution in [0.2, 0.25) is 0 Å². The average Bonchev–Trinajstić information content (AvgIpc) is 3.53. The summed E-state index contributed by atoms with van der Waals surface area (Å²) >= 11 is 0. The van der Waals surface area contributed by atoms with Crippen molar-refractivity contribution in [3.8, 4) is 22.5 Å². The molecule has 2 aromatic carbocycles. The number of ether oxygens (including phenoxy) is 1. The molecule has 0 aliphatic rings. The van der Waals surface area contributed by atoms with Crippen molar-refractivity contribution in [1.82, 2.24) is 39.7 Å². The second kappa shape index (κ2) is 9.11. The van der Waals surface area contributed by atoms with Crippen LogP contribution in [0.1, 0.15) is 31.5 Å². The molecule has 11 nitrogen and oxygen atoms in total. The lowest BCUT2D eigenvalue weighted by molar-refractivity contribution is 0.0542. The predicted molar refractivity (Wildman–Crippen MR) is 130 cm³/mol. The molecule has 1 unspecified atom stereocenters. The Balaban J connectivity index is 1.55. The zero-order chi connectivity index (χ0) is 24.5. The molecule has 0 amide bonds. The van der Waals surface area contributed by atoms with Crippen molar-refractivity contribution in [3.05, 3.63) is 80.8 Å². The summed E-state index contributed by atoms with van der Waals surface area (Å²) in [5.41, 5.74) is 3.48. The van der Waals surface area contributed by atoms with Gasteiger partial charge >= 0.3 is 5.69 Å². The fourth-order valence-electron chi connectivity index (χ4n) is 4.22. The highest BCUT2D eigenvalue weighted by molar-refractivity contribution is 5.80. The molecule has 3 heterocycles. The third-order valence-electron chi connectivity index (χ3n) is 6.05. The van der Waals surface area contributed by atoms with Crippen LogP contribution >= 0.6 is 0 Å². The van der Waals surface area contributed by atoms with E-state index in [-0.39, 0.29) is 5.65 Å². The Bertz CT molecular complexity index is 1600. The van der Waals surface area contributed by atoms with Crippen LogP contribution in [0.3, 0.4) is 0 Å². The topological polar surface area (TPSA) is 136 Å². The maximum atomic E-state index is 13.3. The Morgan fingerprint density at radius 1 is 1.06 bits per heavy atom. The maximum absolute atomic E-state index is 13.3. The SMILES string of the molecule is CCc1nc2[nH]c(=O)n(C(C)OC)c(=O)c2n1Cc1ccc(-c2ccccc2-c2nn[nH]n2)cc1. The van der Waals surface area contributed by atoms with E-state index in [1.807, 2.05) is 60.0 Å². The van der Waals surface area contributed by atoms with Crippen LogP contribution < -0.4 is 11.2 Å². The number of rotatable bonds is 7. The Hall–Kier alpha value is -4.38. The Morgan fingerprint density at radius 2 is 1.80 bits per heavy atom. The van der Waals surface area contributed by atoms with Gasteiger partial charge in [-0.05, 0) is 28.8 Å². The van der Waals surface area contributed by atoms with Crippen LogP contribution in [0.5, 0.6) is 0 Å². The summed E-state index contributed by atoms with van der Waals surface area (Å²) in [5, 5.41) is 14.4. The highest BCUT2D eigenvalue weighted by Crippen LogP contribution is 2.30. The van der Waals surface area contributed by atoms with Gasteiger partial charge in [0, 0.05) is 25.6 Å². The van der Waals surface area contributed by atoms with Gasteiger partial charge in [-0.3, -0.25) is 9.78 Å². The third-order valence-corrected chi connectivity index (χ3v) is 6.05. The highest BCUT2D eigenvalue weighted by Gasteiger charge is 2.20. The maximum Gasteiger partial charge on any atom is 0.332 e. The Morgan fingerprint density at radius 3 is 2.46 bits per heavy atom. The Kier molecular flexibility index (Phi) is 5.83. The minimum atomic E-state index is -0.706. The van der Waals surface area contributed by atoms with Crippen molar-refractivity contribution in [2.24, 2.45) is 0 Å². The van der Waals surface area contributed by atoms with E-state index in [2.05, 4.69) is 30.6 Å². The molecule has 5 aromatic rings. The minimum Gasteiger partial charge on any atom is -0.361 e. The predicted octanol–water partition coefficient (Wildman–Crippen LogP) is 2.51. The fourth-order valence-corrected chi connectivity index (χ4v) is 4.22. The zero-order valence-electron chi connectivity index (χ0n) is 19.5. The first kappa shape index (κ1) is 22.4. The summed E-state index contributed by atoms with van der Waals surface area (Å²) in [5.74, 6) is 1.24. The van der Waals surface area contributed by atoms with Gasteiger partial charge in [0.05, 0.1) is 0 Å². The quantitative estimate of drug-likeness (QED) is 0.371. The molecule has 0 aliphatic heterocycles. The van der Waals surface area contributed by atoms with Gasteiger partial charge in [-0.1, -0.05) is 55.5 Å². The largest absolute Gasteiger partial charge is 0.361 e. The second-order valence-electron chi connectivity index (χ2n) is 8.08. The normalized spacial score (nSPS) is 12.3. The lowest BCUT2D eigenvalue weighted by Crippen LogP contribution is -2.38. The van der Waals surface area contributed by atoms with Crippen molar-refractivity contribution in [1.29, 1.82) is 0 Å². The van der Waals surface area contributed by atoms with Crippen molar-refractivity contribution in [2.45, 2.75) is 33.0 Å². The molecule has 178 valence electrons. The van der Waals surface area contributed by atoms with Crippen molar-refractivity contribution in [3.63, 3.8) is 0 Å². The standard InChI is InChI=1S/C24H24N8O3/c1-4-19-25-22-20(23(33)32(14(2)35-3)24(34)26-22)31(19)13-15-9-11-16(12-10-15)17-7-5-6-8-18(17)21-27-29-30-28-21/h5-12,14H,4,13H2,1-3H3,(H,26,34)(H,27,28,29,30). The summed E-state index contributed by atoms with van der Waals surface area (Å²) in [6, 6.07) is 15.9. The number of hydrogen-bond acceptors (Lipinski definition) is 7. The molecule has 0 radical (unpaired) electrons. The van der Waals surface area contributed by atoms with E-state index < -0.39 is 17.5 Å². The van der Waals surface area contributed by atoms with Gasteiger partial charge in [0.15, 0.2) is 11.2 Å². The molecule has 1 atom stereocenters. The van der Waals surface area contributed by atoms with Gasteiger partial charge in [0.25, 0.3) is 5.56 Å². The molecule has 11 heteroatoms. The van der Waals surface area contributed by atoms with Gasteiger partial charge in [-0.25, -0.2) is 14.3 Å². The van der Waals surface area contributed by atoms with Gasteiger partial charge in [0.2, 0.25) is 5.82 Å². The van der Waals surface area contributed by atoms with Crippen molar-refractivity contribution < 1.29 is 4.74 Å². The Labute approximate surface area is 199 Å². The highest BCUT2D eigenvalue weighted by atomic mass is 16.5. The van der Waals surface area contributed by atoms with E-state index in [9.17, 15) is 9.59 Å². The molecular formula is C24H24N8O3. The minimum absolute atomic E-state index is 0.280. The summed E-state index contributed by atoms with van der Waals surface area (Å²) in [6.45, 7) is 4.04. The molecule has 0 saturated heterocycles. The van der Waals surface area contributed by atoms with Crippen LogP contribution in [-0.4, -0.2) is 46.8 Å². The summed E-state index contributed by atoms with van der Waals surface area (Å²) in [7, 11) is 1.45. The molecule has 35 heavy (non-hydrogen) atoms. The lowest BCUT2D eigenvalue weighted by Gasteiger charge is -2.13. The number of nitrogens with zero attached hydrogens (tertiary/aromatic N) is 6. The summed E-state index contributed by atoms with van der Waals surface area (Å²) < 4.78 is 8.15. The number of aromatic nitrogens is 8.